The molecule has 1 fully saturated rings. The average Bonchev–Trinajstić information content (AvgIpc) is 2.85. The van der Waals surface area contributed by atoms with Gasteiger partial charge in [-0.05, 0) is 19.8 Å². The van der Waals surface area contributed by atoms with Crippen LogP contribution in [-0.2, 0) is 11.3 Å². The largest absolute Gasteiger partial charge is 0.373 e. The summed E-state index contributed by atoms with van der Waals surface area (Å²) >= 11 is 0. The van der Waals surface area contributed by atoms with Gasteiger partial charge in [0, 0.05) is 0 Å². The van der Waals surface area contributed by atoms with Gasteiger partial charge in [0.05, 0.1) is 25.1 Å². The minimum atomic E-state index is 0.128. The Morgan fingerprint density at radius 3 is 2.88 bits per heavy atom. The Labute approximate surface area is 93.9 Å². The molecule has 5 heteroatoms. The molecule has 0 aliphatic carbocycles. The van der Waals surface area contributed by atoms with Crippen LogP contribution >= 0.6 is 0 Å². The topological polar surface area (TPSA) is 74.6 Å². The van der Waals surface area contributed by atoms with Crippen LogP contribution < -0.4 is 0 Å². The van der Waals surface area contributed by atoms with Gasteiger partial charge in [0.25, 0.3) is 0 Å². The summed E-state index contributed by atoms with van der Waals surface area (Å²) in [6.07, 6.45) is 3.99. The van der Waals surface area contributed by atoms with E-state index in [0.29, 0.717) is 12.2 Å². The summed E-state index contributed by atoms with van der Waals surface area (Å²) in [6, 6.07) is 3.91. The zero-order valence-corrected chi connectivity index (χ0v) is 9.05. The highest BCUT2D eigenvalue weighted by molar-refractivity contribution is 5.36. The molecule has 0 bridgehead atoms. The van der Waals surface area contributed by atoms with Gasteiger partial charge in [-0.3, -0.25) is 0 Å². The molecule has 16 heavy (non-hydrogen) atoms. The lowest BCUT2D eigenvalue weighted by Gasteiger charge is -2.11. The minimum absolute atomic E-state index is 0.128. The normalized spacial score (nSPS) is 23.9. The molecule has 1 aliphatic rings. The first-order chi connectivity index (χ1) is 7.74. The molecule has 0 amide bonds. The van der Waals surface area contributed by atoms with E-state index in [1.54, 1.807) is 4.57 Å². The molecule has 2 rings (SSSR count). The summed E-state index contributed by atoms with van der Waals surface area (Å²) in [4.78, 5) is 3.89. The maximum Gasteiger partial charge on any atom is 0.176 e. The van der Waals surface area contributed by atoms with Crippen LogP contribution in [0, 0.1) is 22.7 Å². The molecule has 0 spiro atoms. The van der Waals surface area contributed by atoms with Gasteiger partial charge >= 0.3 is 0 Å². The fourth-order valence-electron chi connectivity index (χ4n) is 1.96. The molecule has 0 aromatic carbocycles. The van der Waals surface area contributed by atoms with Crippen molar-refractivity contribution in [3.63, 3.8) is 0 Å². The lowest BCUT2D eigenvalue weighted by Crippen LogP contribution is -2.17. The molecule has 1 aliphatic heterocycles. The van der Waals surface area contributed by atoms with Crippen molar-refractivity contribution in [2.45, 2.75) is 38.5 Å². The predicted octanol–water partition coefficient (Wildman–Crippen LogP) is 1.19. The standard InChI is InChI=1S/C11H12N4O/c1-8-2-3-9(16-8)6-15-7-14-10(4-12)11(15)5-13/h7-9H,2-3,6H2,1H3. The van der Waals surface area contributed by atoms with Crippen molar-refractivity contribution in [3.8, 4) is 12.1 Å². The number of hydrogen-bond acceptors (Lipinski definition) is 4. The fourth-order valence-corrected chi connectivity index (χ4v) is 1.96. The summed E-state index contributed by atoms with van der Waals surface area (Å²) in [7, 11) is 0. The van der Waals surface area contributed by atoms with Gasteiger partial charge in [-0.25, -0.2) is 4.98 Å². The molecular formula is C11H12N4O. The Morgan fingerprint density at radius 2 is 2.31 bits per heavy atom. The number of aromatic nitrogens is 2. The van der Waals surface area contributed by atoms with Gasteiger partial charge in [-0.1, -0.05) is 0 Å². The molecule has 0 radical (unpaired) electrons. The maximum absolute atomic E-state index is 8.94. The zero-order chi connectivity index (χ0) is 11.5. The van der Waals surface area contributed by atoms with Crippen LogP contribution in [0.5, 0.6) is 0 Å². The van der Waals surface area contributed by atoms with Gasteiger partial charge in [0.2, 0.25) is 0 Å². The van der Waals surface area contributed by atoms with Crippen LogP contribution in [0.3, 0.4) is 0 Å². The summed E-state index contributed by atoms with van der Waals surface area (Å²) in [6.45, 7) is 2.64. The van der Waals surface area contributed by atoms with Crippen molar-refractivity contribution in [2.75, 3.05) is 0 Å². The van der Waals surface area contributed by atoms with E-state index >= 15 is 0 Å². The molecular weight excluding hydrogens is 204 g/mol. The number of rotatable bonds is 2. The lowest BCUT2D eigenvalue weighted by atomic mass is 10.2. The van der Waals surface area contributed by atoms with Crippen LogP contribution in [0.25, 0.3) is 0 Å². The van der Waals surface area contributed by atoms with Crippen LogP contribution in [0.2, 0.25) is 0 Å². The number of hydrogen-bond donors (Lipinski definition) is 0. The molecule has 0 N–H and O–H groups in total. The Morgan fingerprint density at radius 1 is 1.50 bits per heavy atom. The molecule has 2 unspecified atom stereocenters. The lowest BCUT2D eigenvalue weighted by molar-refractivity contribution is 0.0456. The smallest absolute Gasteiger partial charge is 0.176 e. The second-order valence-corrected chi connectivity index (χ2v) is 3.96. The summed E-state index contributed by atoms with van der Waals surface area (Å²) < 4.78 is 7.36. The van der Waals surface area contributed by atoms with Gasteiger partial charge in [-0.2, -0.15) is 10.5 Å². The van der Waals surface area contributed by atoms with E-state index in [1.807, 2.05) is 19.1 Å². The van der Waals surface area contributed by atoms with Crippen molar-refractivity contribution in [2.24, 2.45) is 0 Å². The Hall–Kier alpha value is -1.85. The summed E-state index contributed by atoms with van der Waals surface area (Å²) in [5, 5.41) is 17.7. The van der Waals surface area contributed by atoms with E-state index in [-0.39, 0.29) is 17.9 Å². The first-order valence-corrected chi connectivity index (χ1v) is 5.25. The first kappa shape index (κ1) is 10.7. The Bertz CT molecular complexity index is 465. The van der Waals surface area contributed by atoms with E-state index in [0.717, 1.165) is 12.8 Å². The highest BCUT2D eigenvalue weighted by Gasteiger charge is 2.23. The minimum Gasteiger partial charge on any atom is -0.373 e. The van der Waals surface area contributed by atoms with Gasteiger partial charge in [-0.15, -0.1) is 0 Å². The van der Waals surface area contributed by atoms with E-state index < -0.39 is 0 Å². The SMILES string of the molecule is CC1CCC(Cn2cnc(C#N)c2C#N)O1. The van der Waals surface area contributed by atoms with Crippen molar-refractivity contribution >= 4 is 0 Å². The molecule has 1 saturated heterocycles. The highest BCUT2D eigenvalue weighted by Crippen LogP contribution is 2.21. The van der Waals surface area contributed by atoms with Crippen LogP contribution in [0.4, 0.5) is 0 Å². The highest BCUT2D eigenvalue weighted by atomic mass is 16.5. The van der Waals surface area contributed by atoms with Gasteiger partial charge < -0.3 is 9.30 Å². The van der Waals surface area contributed by atoms with Crippen molar-refractivity contribution in [1.82, 2.24) is 9.55 Å². The summed E-state index contributed by atoms with van der Waals surface area (Å²) in [5.74, 6) is 0. The second kappa shape index (κ2) is 4.34. The molecule has 1 aromatic rings. The Kier molecular flexibility index (Phi) is 2.89. The van der Waals surface area contributed by atoms with E-state index in [2.05, 4.69) is 4.98 Å². The van der Waals surface area contributed by atoms with E-state index in [9.17, 15) is 0 Å². The third kappa shape index (κ3) is 1.91. The number of imidazole rings is 1. The molecule has 1 aromatic heterocycles. The van der Waals surface area contributed by atoms with Crippen molar-refractivity contribution in [3.05, 3.63) is 17.7 Å². The molecule has 2 heterocycles. The number of nitriles is 2. The Balaban J connectivity index is 2.14. The molecule has 0 saturated carbocycles. The zero-order valence-electron chi connectivity index (χ0n) is 9.05. The van der Waals surface area contributed by atoms with Crippen molar-refractivity contribution in [1.29, 1.82) is 10.5 Å². The molecule has 2 atom stereocenters. The molecule has 82 valence electrons. The third-order valence-corrected chi connectivity index (χ3v) is 2.77. The third-order valence-electron chi connectivity index (χ3n) is 2.77. The summed E-state index contributed by atoms with van der Waals surface area (Å²) in [5.41, 5.74) is 0.513. The van der Waals surface area contributed by atoms with E-state index in [4.69, 9.17) is 15.3 Å². The second-order valence-electron chi connectivity index (χ2n) is 3.96. The van der Waals surface area contributed by atoms with Crippen LogP contribution in [0.15, 0.2) is 6.33 Å². The van der Waals surface area contributed by atoms with Gasteiger partial charge in [0.1, 0.15) is 12.1 Å². The fraction of sp³-hybridized carbons (Fsp3) is 0.545. The number of nitrogens with zero attached hydrogens (tertiary/aromatic N) is 4. The number of ether oxygens (including phenoxy) is 1. The maximum atomic E-state index is 8.94. The average molecular weight is 216 g/mol. The predicted molar refractivity (Wildman–Crippen MR) is 55.2 cm³/mol. The van der Waals surface area contributed by atoms with Crippen molar-refractivity contribution < 1.29 is 4.74 Å². The van der Waals surface area contributed by atoms with Crippen LogP contribution in [-0.4, -0.2) is 21.8 Å². The molecule has 5 nitrogen and oxygen atoms in total. The van der Waals surface area contributed by atoms with Crippen LogP contribution in [0.1, 0.15) is 31.2 Å². The van der Waals surface area contributed by atoms with Gasteiger partial charge in [0.15, 0.2) is 11.4 Å². The monoisotopic (exact) mass is 216 g/mol. The van der Waals surface area contributed by atoms with E-state index in [1.165, 1.54) is 6.33 Å². The quantitative estimate of drug-likeness (QED) is 0.744. The first-order valence-electron chi connectivity index (χ1n) is 5.25.